The Labute approximate surface area is 105 Å². The van der Waals surface area contributed by atoms with E-state index in [1.54, 1.807) is 0 Å². The van der Waals surface area contributed by atoms with E-state index in [1.807, 2.05) is 13.2 Å². The van der Waals surface area contributed by atoms with Gasteiger partial charge in [0.15, 0.2) is 0 Å². The molecule has 4 heteroatoms. The summed E-state index contributed by atoms with van der Waals surface area (Å²) >= 11 is 0. The Kier molecular flexibility index (Phi) is 4.71. The van der Waals surface area contributed by atoms with Crippen molar-refractivity contribution in [1.29, 1.82) is 0 Å². The molecule has 0 fully saturated rings. The summed E-state index contributed by atoms with van der Waals surface area (Å²) in [5.41, 5.74) is 0.0194. The predicted molar refractivity (Wildman–Crippen MR) is 72.1 cm³/mol. The van der Waals surface area contributed by atoms with Crippen LogP contribution in [0.1, 0.15) is 39.1 Å². The highest BCUT2D eigenvalue weighted by molar-refractivity contribution is 5.07. The van der Waals surface area contributed by atoms with Gasteiger partial charge in [-0.05, 0) is 41.4 Å². The first-order valence-electron chi connectivity index (χ1n) is 6.30. The normalized spacial score (nSPS) is 14.3. The van der Waals surface area contributed by atoms with Gasteiger partial charge in [-0.15, -0.1) is 0 Å². The maximum atomic E-state index is 4.53. The average Bonchev–Trinajstić information content (AvgIpc) is 2.67. The molecule has 0 saturated carbocycles. The van der Waals surface area contributed by atoms with Crippen molar-refractivity contribution in [3.8, 4) is 0 Å². The number of aromatic nitrogens is 2. The number of likely N-dealkylation sites (N-methyl/N-ethyl adjacent to an activating group) is 2. The van der Waals surface area contributed by atoms with E-state index in [4.69, 9.17) is 0 Å². The predicted octanol–water partition coefficient (Wildman–Crippen LogP) is 1.89. The molecular weight excluding hydrogens is 212 g/mol. The Balaban J connectivity index is 3.05. The molecule has 1 aromatic rings. The first-order valence-corrected chi connectivity index (χ1v) is 6.30. The molecule has 0 bridgehead atoms. The van der Waals surface area contributed by atoms with Crippen LogP contribution in [0.5, 0.6) is 0 Å². The molecule has 0 saturated heterocycles. The van der Waals surface area contributed by atoms with Crippen LogP contribution in [0.2, 0.25) is 0 Å². The molecule has 1 N–H and O–H groups in total. The fourth-order valence-electron chi connectivity index (χ4n) is 2.07. The van der Waals surface area contributed by atoms with Crippen LogP contribution < -0.4 is 5.32 Å². The van der Waals surface area contributed by atoms with E-state index >= 15 is 0 Å². The minimum absolute atomic E-state index is 0.0194. The summed E-state index contributed by atoms with van der Waals surface area (Å²) in [6.45, 7) is 7.69. The molecule has 0 radical (unpaired) electrons. The Bertz CT molecular complexity index is 341. The van der Waals surface area contributed by atoms with E-state index in [2.05, 4.69) is 60.8 Å². The number of hydrogen-bond donors (Lipinski definition) is 1. The second kappa shape index (κ2) is 5.65. The number of hydrogen-bond acceptors (Lipinski definition) is 3. The quantitative estimate of drug-likeness (QED) is 0.821. The number of nitrogens with zero attached hydrogens (tertiary/aromatic N) is 3. The van der Waals surface area contributed by atoms with E-state index in [9.17, 15) is 0 Å². The van der Waals surface area contributed by atoms with Crippen LogP contribution in [-0.4, -0.2) is 41.1 Å². The number of imidazole rings is 1. The van der Waals surface area contributed by atoms with Gasteiger partial charge in [-0.2, -0.15) is 0 Å². The van der Waals surface area contributed by atoms with Crippen molar-refractivity contribution in [2.75, 3.05) is 21.1 Å². The second-order valence-electron chi connectivity index (χ2n) is 5.25. The van der Waals surface area contributed by atoms with Crippen LogP contribution in [0.3, 0.4) is 0 Å². The minimum atomic E-state index is 0.0194. The van der Waals surface area contributed by atoms with Crippen molar-refractivity contribution in [2.45, 2.75) is 45.3 Å². The zero-order chi connectivity index (χ0) is 13.1. The largest absolute Gasteiger partial charge is 0.334 e. The lowest BCUT2D eigenvalue weighted by atomic mass is 9.92. The molecule has 1 heterocycles. The molecule has 0 spiro atoms. The Morgan fingerprint density at radius 3 is 2.59 bits per heavy atom. The van der Waals surface area contributed by atoms with Gasteiger partial charge in [0.2, 0.25) is 0 Å². The molecule has 0 amide bonds. The Morgan fingerprint density at radius 1 is 1.47 bits per heavy atom. The molecule has 4 nitrogen and oxygen atoms in total. The maximum Gasteiger partial charge on any atom is 0.127 e. The monoisotopic (exact) mass is 238 g/mol. The lowest BCUT2D eigenvalue weighted by molar-refractivity contribution is 0.135. The molecule has 0 aromatic carbocycles. The van der Waals surface area contributed by atoms with E-state index in [0.717, 1.165) is 18.8 Å². The SMILES string of the molecule is CCCn1ccnc1C(NC)C(C)(C)N(C)C. The second-order valence-corrected chi connectivity index (χ2v) is 5.25. The van der Waals surface area contributed by atoms with Gasteiger partial charge in [-0.1, -0.05) is 6.92 Å². The van der Waals surface area contributed by atoms with Crippen LogP contribution in [0, 0.1) is 0 Å². The molecule has 0 aliphatic rings. The lowest BCUT2D eigenvalue weighted by Gasteiger charge is -2.39. The first kappa shape index (κ1) is 14.2. The van der Waals surface area contributed by atoms with E-state index in [-0.39, 0.29) is 11.6 Å². The fraction of sp³-hybridized carbons (Fsp3) is 0.769. The smallest absolute Gasteiger partial charge is 0.127 e. The van der Waals surface area contributed by atoms with Crippen LogP contribution in [0.4, 0.5) is 0 Å². The third kappa shape index (κ3) is 2.87. The van der Waals surface area contributed by atoms with E-state index in [0.29, 0.717) is 0 Å². The third-order valence-corrected chi connectivity index (χ3v) is 3.62. The molecule has 1 rings (SSSR count). The van der Waals surface area contributed by atoms with Crippen molar-refractivity contribution in [3.63, 3.8) is 0 Å². The van der Waals surface area contributed by atoms with Crippen molar-refractivity contribution in [3.05, 3.63) is 18.2 Å². The zero-order valence-electron chi connectivity index (χ0n) is 12.0. The molecule has 0 aliphatic carbocycles. The molecule has 1 aromatic heterocycles. The first-order chi connectivity index (χ1) is 7.95. The van der Waals surface area contributed by atoms with Gasteiger partial charge in [0.25, 0.3) is 0 Å². The summed E-state index contributed by atoms with van der Waals surface area (Å²) in [6.07, 6.45) is 5.08. The van der Waals surface area contributed by atoms with Crippen LogP contribution >= 0.6 is 0 Å². The Morgan fingerprint density at radius 2 is 2.12 bits per heavy atom. The molecular formula is C13H26N4. The van der Waals surface area contributed by atoms with E-state index < -0.39 is 0 Å². The van der Waals surface area contributed by atoms with Gasteiger partial charge in [0.1, 0.15) is 5.82 Å². The molecule has 17 heavy (non-hydrogen) atoms. The van der Waals surface area contributed by atoms with Crippen LogP contribution in [0.15, 0.2) is 12.4 Å². The topological polar surface area (TPSA) is 33.1 Å². The van der Waals surface area contributed by atoms with Crippen molar-refractivity contribution >= 4 is 0 Å². The maximum absolute atomic E-state index is 4.53. The standard InChI is InChI=1S/C13H26N4/c1-7-9-17-10-8-15-12(17)11(14-4)13(2,3)16(5)6/h8,10-11,14H,7,9H2,1-6H3. The fourth-order valence-corrected chi connectivity index (χ4v) is 2.07. The van der Waals surface area contributed by atoms with Crippen LogP contribution in [0.25, 0.3) is 0 Å². The minimum Gasteiger partial charge on any atom is -0.334 e. The van der Waals surface area contributed by atoms with Gasteiger partial charge < -0.3 is 14.8 Å². The third-order valence-electron chi connectivity index (χ3n) is 3.62. The Hall–Kier alpha value is -0.870. The molecule has 0 aliphatic heterocycles. The average molecular weight is 238 g/mol. The van der Waals surface area contributed by atoms with Gasteiger partial charge in [-0.25, -0.2) is 4.98 Å². The summed E-state index contributed by atoms with van der Waals surface area (Å²) in [7, 11) is 6.22. The molecule has 1 atom stereocenters. The highest BCUT2D eigenvalue weighted by atomic mass is 15.2. The lowest BCUT2D eigenvalue weighted by Crippen LogP contribution is -2.49. The van der Waals surface area contributed by atoms with Crippen molar-refractivity contribution < 1.29 is 0 Å². The van der Waals surface area contributed by atoms with Gasteiger partial charge >= 0.3 is 0 Å². The molecule has 1 unspecified atom stereocenters. The summed E-state index contributed by atoms with van der Waals surface area (Å²) < 4.78 is 2.24. The molecule has 98 valence electrons. The summed E-state index contributed by atoms with van der Waals surface area (Å²) in [4.78, 5) is 6.76. The highest BCUT2D eigenvalue weighted by Crippen LogP contribution is 2.28. The summed E-state index contributed by atoms with van der Waals surface area (Å²) in [6, 6.07) is 0.221. The highest BCUT2D eigenvalue weighted by Gasteiger charge is 2.34. The van der Waals surface area contributed by atoms with Crippen molar-refractivity contribution in [2.24, 2.45) is 0 Å². The van der Waals surface area contributed by atoms with Crippen LogP contribution in [-0.2, 0) is 6.54 Å². The number of nitrogens with one attached hydrogen (secondary N) is 1. The van der Waals surface area contributed by atoms with Gasteiger partial charge in [-0.3, -0.25) is 0 Å². The van der Waals surface area contributed by atoms with Gasteiger partial charge in [0.05, 0.1) is 6.04 Å². The van der Waals surface area contributed by atoms with Gasteiger partial charge in [0, 0.05) is 24.5 Å². The van der Waals surface area contributed by atoms with E-state index in [1.165, 1.54) is 0 Å². The number of aryl methyl sites for hydroxylation is 1. The van der Waals surface area contributed by atoms with Crippen molar-refractivity contribution in [1.82, 2.24) is 19.8 Å². The summed E-state index contributed by atoms with van der Waals surface area (Å²) in [5.74, 6) is 1.12. The summed E-state index contributed by atoms with van der Waals surface area (Å²) in [5, 5.41) is 3.40. The zero-order valence-corrected chi connectivity index (χ0v) is 12.0. The number of rotatable bonds is 6.